The van der Waals surface area contributed by atoms with Crippen molar-refractivity contribution in [1.82, 2.24) is 0 Å². The molecule has 0 heterocycles. The van der Waals surface area contributed by atoms with Crippen molar-refractivity contribution >= 4 is 47.6 Å². The molecule has 0 atom stereocenters. The molecule has 0 radical (unpaired) electrons. The second kappa shape index (κ2) is 6.06. The van der Waals surface area contributed by atoms with Crippen LogP contribution in [0, 0.1) is 19.7 Å². The van der Waals surface area contributed by atoms with Gasteiger partial charge in [0.1, 0.15) is 10.7 Å². The number of hydrogen-bond acceptors (Lipinski definition) is 2. The van der Waals surface area contributed by atoms with Gasteiger partial charge in [0.15, 0.2) is 0 Å². The molecule has 7 heteroatoms. The van der Waals surface area contributed by atoms with Crippen LogP contribution in [0.15, 0.2) is 44.2 Å². The fourth-order valence-corrected chi connectivity index (χ4v) is 4.89. The predicted molar refractivity (Wildman–Crippen MR) is 88.5 cm³/mol. The molecule has 0 aliphatic carbocycles. The number of anilines is 1. The topological polar surface area (TPSA) is 46.2 Å². The van der Waals surface area contributed by atoms with Crippen molar-refractivity contribution < 1.29 is 12.8 Å². The van der Waals surface area contributed by atoms with Crippen LogP contribution in [-0.2, 0) is 10.0 Å². The lowest BCUT2D eigenvalue weighted by Gasteiger charge is -2.14. The molecule has 0 saturated carbocycles. The Bertz CT molecular complexity index is 784. The molecule has 1 N–H and O–H groups in total. The van der Waals surface area contributed by atoms with Gasteiger partial charge in [-0.1, -0.05) is 15.9 Å². The fraction of sp³-hybridized carbons (Fsp3) is 0.143. The Labute approximate surface area is 139 Å². The first-order chi connectivity index (χ1) is 9.70. The minimum absolute atomic E-state index is 0.00869. The van der Waals surface area contributed by atoms with Crippen molar-refractivity contribution in [3.05, 3.63) is 56.2 Å². The van der Waals surface area contributed by atoms with E-state index in [0.29, 0.717) is 5.69 Å². The van der Waals surface area contributed by atoms with E-state index < -0.39 is 15.8 Å². The number of nitrogens with one attached hydrogen (secondary N) is 1. The molecule has 0 spiro atoms. The zero-order chi connectivity index (χ0) is 15.8. The average Bonchev–Trinajstić information content (AvgIpc) is 2.33. The van der Waals surface area contributed by atoms with Crippen LogP contribution in [0.1, 0.15) is 11.1 Å². The highest BCUT2D eigenvalue weighted by Crippen LogP contribution is 2.29. The molecule has 0 fully saturated rings. The van der Waals surface area contributed by atoms with Gasteiger partial charge in [-0.3, -0.25) is 4.72 Å². The molecule has 0 aliphatic rings. The van der Waals surface area contributed by atoms with Gasteiger partial charge >= 0.3 is 0 Å². The molecule has 2 aromatic rings. The molecule has 0 bridgehead atoms. The Hall–Kier alpha value is -0.920. The van der Waals surface area contributed by atoms with Crippen molar-refractivity contribution in [2.24, 2.45) is 0 Å². The lowest BCUT2D eigenvalue weighted by Crippen LogP contribution is -2.15. The van der Waals surface area contributed by atoms with Gasteiger partial charge in [0.25, 0.3) is 10.0 Å². The molecule has 3 nitrogen and oxygen atoms in total. The van der Waals surface area contributed by atoms with E-state index in [1.54, 1.807) is 0 Å². The van der Waals surface area contributed by atoms with Crippen LogP contribution >= 0.6 is 31.9 Å². The molecule has 2 rings (SSSR count). The predicted octanol–water partition coefficient (Wildman–Crippen LogP) is 4.77. The molecule has 0 saturated heterocycles. The Morgan fingerprint density at radius 1 is 1.05 bits per heavy atom. The number of aryl methyl sites for hydroxylation is 2. The van der Waals surface area contributed by atoms with Gasteiger partial charge < -0.3 is 0 Å². The third-order valence-electron chi connectivity index (χ3n) is 2.92. The van der Waals surface area contributed by atoms with E-state index in [-0.39, 0.29) is 9.37 Å². The summed E-state index contributed by atoms with van der Waals surface area (Å²) in [7, 11) is -3.80. The van der Waals surface area contributed by atoms with Crippen molar-refractivity contribution in [3.8, 4) is 0 Å². The second-order valence-corrected chi connectivity index (χ2v) is 8.02. The standard InChI is InChI=1S/C14H12Br2FNO2S/c1-8-5-10(15)6-9(2)14(8)18-21(19,20)13-4-3-11(17)7-12(13)16/h3-7,18H,1-2H3. The second-order valence-electron chi connectivity index (χ2n) is 4.59. The van der Waals surface area contributed by atoms with Gasteiger partial charge in [-0.25, -0.2) is 12.8 Å². The average molecular weight is 437 g/mol. The van der Waals surface area contributed by atoms with E-state index in [1.807, 2.05) is 26.0 Å². The first kappa shape index (κ1) is 16.5. The number of benzene rings is 2. The van der Waals surface area contributed by atoms with E-state index in [9.17, 15) is 12.8 Å². The van der Waals surface area contributed by atoms with Crippen LogP contribution in [0.25, 0.3) is 0 Å². The number of rotatable bonds is 3. The van der Waals surface area contributed by atoms with E-state index in [0.717, 1.165) is 27.7 Å². The van der Waals surface area contributed by atoms with Gasteiger partial charge in [-0.15, -0.1) is 0 Å². The van der Waals surface area contributed by atoms with Gasteiger partial charge in [0.05, 0.1) is 5.69 Å². The van der Waals surface area contributed by atoms with Crippen LogP contribution in [0.5, 0.6) is 0 Å². The van der Waals surface area contributed by atoms with Crippen LogP contribution in [0.2, 0.25) is 0 Å². The summed E-state index contributed by atoms with van der Waals surface area (Å²) in [5, 5.41) is 0. The Balaban J connectivity index is 2.47. The van der Waals surface area contributed by atoms with Crippen molar-refractivity contribution in [2.75, 3.05) is 4.72 Å². The van der Waals surface area contributed by atoms with Gasteiger partial charge in [0.2, 0.25) is 0 Å². The quantitative estimate of drug-likeness (QED) is 0.753. The fourth-order valence-electron chi connectivity index (χ4n) is 1.95. The summed E-state index contributed by atoms with van der Waals surface area (Å²) >= 11 is 6.44. The van der Waals surface area contributed by atoms with Crippen molar-refractivity contribution in [3.63, 3.8) is 0 Å². The number of hydrogen-bond donors (Lipinski definition) is 1. The zero-order valence-corrected chi connectivity index (χ0v) is 15.2. The lowest BCUT2D eigenvalue weighted by atomic mass is 10.1. The largest absolute Gasteiger partial charge is 0.279 e. The summed E-state index contributed by atoms with van der Waals surface area (Å²) in [4.78, 5) is -0.00869. The summed E-state index contributed by atoms with van der Waals surface area (Å²) in [6.45, 7) is 3.63. The van der Waals surface area contributed by atoms with Crippen molar-refractivity contribution in [1.29, 1.82) is 0 Å². The van der Waals surface area contributed by atoms with Gasteiger partial charge in [-0.2, -0.15) is 0 Å². The minimum Gasteiger partial charge on any atom is -0.279 e. The smallest absolute Gasteiger partial charge is 0.263 e. The molecule has 0 aliphatic heterocycles. The highest BCUT2D eigenvalue weighted by Gasteiger charge is 2.20. The summed E-state index contributed by atoms with van der Waals surface area (Å²) < 4.78 is 41.6. The summed E-state index contributed by atoms with van der Waals surface area (Å²) in [6, 6.07) is 7.11. The van der Waals surface area contributed by atoms with Crippen LogP contribution in [0.3, 0.4) is 0 Å². The molecular weight excluding hydrogens is 425 g/mol. The highest BCUT2D eigenvalue weighted by atomic mass is 79.9. The highest BCUT2D eigenvalue weighted by molar-refractivity contribution is 9.10. The van der Waals surface area contributed by atoms with E-state index >= 15 is 0 Å². The Morgan fingerprint density at radius 3 is 2.14 bits per heavy atom. The maximum Gasteiger partial charge on any atom is 0.263 e. The molecule has 2 aromatic carbocycles. The van der Waals surface area contributed by atoms with E-state index in [2.05, 4.69) is 36.6 Å². The molecule has 0 aromatic heterocycles. The van der Waals surface area contributed by atoms with Gasteiger partial charge in [-0.05, 0) is 71.2 Å². The van der Waals surface area contributed by atoms with E-state index in [4.69, 9.17) is 0 Å². The number of sulfonamides is 1. The normalized spacial score (nSPS) is 11.5. The molecule has 21 heavy (non-hydrogen) atoms. The first-order valence-corrected chi connectivity index (χ1v) is 9.02. The third-order valence-corrected chi connectivity index (χ3v) is 5.70. The molecular formula is C14H12Br2FNO2S. The number of halogens is 3. The Kier molecular flexibility index (Phi) is 4.75. The van der Waals surface area contributed by atoms with Gasteiger partial charge in [0, 0.05) is 8.95 Å². The lowest BCUT2D eigenvalue weighted by molar-refractivity contribution is 0.599. The monoisotopic (exact) mass is 435 g/mol. The molecule has 0 amide bonds. The maximum absolute atomic E-state index is 13.1. The third kappa shape index (κ3) is 3.64. The van der Waals surface area contributed by atoms with Crippen LogP contribution in [-0.4, -0.2) is 8.42 Å². The molecule has 112 valence electrons. The SMILES string of the molecule is Cc1cc(Br)cc(C)c1NS(=O)(=O)c1ccc(F)cc1Br. The summed E-state index contributed by atoms with van der Waals surface area (Å²) in [6.07, 6.45) is 0. The zero-order valence-electron chi connectivity index (χ0n) is 11.2. The van der Waals surface area contributed by atoms with Crippen LogP contribution < -0.4 is 4.72 Å². The molecule has 0 unspecified atom stereocenters. The minimum atomic E-state index is -3.80. The summed E-state index contributed by atoms with van der Waals surface area (Å²) in [5.41, 5.74) is 2.11. The van der Waals surface area contributed by atoms with Crippen molar-refractivity contribution in [2.45, 2.75) is 18.7 Å². The van der Waals surface area contributed by atoms with Crippen LogP contribution in [0.4, 0.5) is 10.1 Å². The van der Waals surface area contributed by atoms with E-state index in [1.165, 1.54) is 6.07 Å². The first-order valence-electron chi connectivity index (χ1n) is 5.95. The summed E-state index contributed by atoms with van der Waals surface area (Å²) in [5.74, 6) is -0.503. The Morgan fingerprint density at radius 2 is 1.62 bits per heavy atom. The maximum atomic E-state index is 13.1.